The maximum absolute atomic E-state index is 12.8. The van der Waals surface area contributed by atoms with Crippen molar-refractivity contribution in [1.29, 1.82) is 5.26 Å². The lowest BCUT2D eigenvalue weighted by Crippen LogP contribution is -2.56. The molecule has 0 aromatic heterocycles. The normalized spacial score (nSPS) is 39.2. The Morgan fingerprint density at radius 3 is 2.75 bits per heavy atom. The van der Waals surface area contributed by atoms with Gasteiger partial charge >= 0.3 is 0 Å². The van der Waals surface area contributed by atoms with Gasteiger partial charge in [-0.25, -0.2) is 0 Å². The highest BCUT2D eigenvalue weighted by atomic mass is 16.3. The Hall–Kier alpha value is -1.12. The minimum Gasteiger partial charge on any atom is -0.396 e. The summed E-state index contributed by atoms with van der Waals surface area (Å²) in [6.45, 7) is 2.10. The maximum Gasteiger partial charge on any atom is 0.241 e. The molecule has 5 heteroatoms. The highest BCUT2D eigenvalue weighted by Gasteiger charge is 2.61. The number of nitrogens with zero attached hydrogens (tertiary/aromatic N) is 2. The van der Waals surface area contributed by atoms with Crippen LogP contribution < -0.4 is 5.73 Å². The molecule has 1 amide bonds. The van der Waals surface area contributed by atoms with Gasteiger partial charge in [-0.05, 0) is 31.1 Å². The van der Waals surface area contributed by atoms with E-state index < -0.39 is 11.5 Å². The van der Waals surface area contributed by atoms with E-state index in [1.165, 1.54) is 0 Å². The Bertz CT molecular complexity index is 453. The van der Waals surface area contributed by atoms with Crippen LogP contribution in [0.15, 0.2) is 0 Å². The molecule has 3 rings (SSSR count). The minimum atomic E-state index is -0.669. The molecule has 1 aliphatic heterocycles. The molecule has 5 nitrogen and oxygen atoms in total. The van der Waals surface area contributed by atoms with Crippen LogP contribution in [0.5, 0.6) is 0 Å². The average Bonchev–Trinajstić information content (AvgIpc) is 2.93. The van der Waals surface area contributed by atoms with Crippen molar-refractivity contribution in [3.8, 4) is 6.07 Å². The van der Waals surface area contributed by atoms with E-state index in [4.69, 9.17) is 5.73 Å². The summed E-state index contributed by atoms with van der Waals surface area (Å²) < 4.78 is 0. The van der Waals surface area contributed by atoms with E-state index in [0.29, 0.717) is 11.8 Å². The molecule has 1 heterocycles. The number of likely N-dealkylation sites (tertiary alicyclic amines) is 1. The molecule has 110 valence electrons. The number of carbonyl (C=O) groups excluding carboxylic acids is 1. The molecule has 3 N–H and O–H groups in total. The van der Waals surface area contributed by atoms with Gasteiger partial charge in [0.25, 0.3) is 0 Å². The first-order valence-corrected chi connectivity index (χ1v) is 7.64. The molecular formula is C15H23N3O2. The molecule has 2 saturated carbocycles. The molecule has 0 aromatic carbocycles. The van der Waals surface area contributed by atoms with Gasteiger partial charge in [0.15, 0.2) is 0 Å². The van der Waals surface area contributed by atoms with Crippen LogP contribution in [0, 0.1) is 28.6 Å². The van der Waals surface area contributed by atoms with Crippen molar-refractivity contribution < 1.29 is 9.90 Å². The lowest BCUT2D eigenvalue weighted by Gasteiger charge is -2.36. The van der Waals surface area contributed by atoms with Crippen LogP contribution in [0.2, 0.25) is 0 Å². The highest BCUT2D eigenvalue weighted by Crippen LogP contribution is 2.53. The van der Waals surface area contributed by atoms with Crippen LogP contribution in [0.25, 0.3) is 0 Å². The van der Waals surface area contributed by atoms with Crippen LogP contribution >= 0.6 is 0 Å². The average molecular weight is 277 g/mol. The monoisotopic (exact) mass is 277 g/mol. The molecule has 0 spiro atoms. The van der Waals surface area contributed by atoms with E-state index >= 15 is 0 Å². The van der Waals surface area contributed by atoms with Crippen molar-refractivity contribution in [2.24, 2.45) is 23.0 Å². The largest absolute Gasteiger partial charge is 0.396 e. The van der Waals surface area contributed by atoms with Gasteiger partial charge in [0.2, 0.25) is 5.91 Å². The molecule has 0 aromatic rings. The molecule has 3 fully saturated rings. The minimum absolute atomic E-state index is 0.0331. The molecule has 0 bridgehead atoms. The van der Waals surface area contributed by atoms with Crippen LogP contribution in [0.3, 0.4) is 0 Å². The quantitative estimate of drug-likeness (QED) is 0.791. The summed E-state index contributed by atoms with van der Waals surface area (Å²) in [5, 5.41) is 19.0. The summed E-state index contributed by atoms with van der Waals surface area (Å²) in [7, 11) is 0. The van der Waals surface area contributed by atoms with Crippen molar-refractivity contribution in [2.45, 2.75) is 57.2 Å². The highest BCUT2D eigenvalue weighted by molar-refractivity contribution is 5.84. The Labute approximate surface area is 119 Å². The predicted octanol–water partition coefficient (Wildman–Crippen LogP) is 0.625. The number of rotatable bonds is 3. The van der Waals surface area contributed by atoms with Crippen molar-refractivity contribution >= 4 is 5.91 Å². The van der Waals surface area contributed by atoms with Crippen molar-refractivity contribution in [2.75, 3.05) is 6.61 Å². The zero-order valence-corrected chi connectivity index (χ0v) is 12.0. The third kappa shape index (κ3) is 1.78. The third-order valence-electron chi connectivity index (χ3n) is 5.91. The topological polar surface area (TPSA) is 90.4 Å². The first-order valence-electron chi connectivity index (χ1n) is 7.64. The van der Waals surface area contributed by atoms with Gasteiger partial charge in [0.1, 0.15) is 6.04 Å². The van der Waals surface area contributed by atoms with Crippen LogP contribution in [-0.4, -0.2) is 40.6 Å². The molecule has 2 aliphatic carbocycles. The second kappa shape index (κ2) is 4.71. The Morgan fingerprint density at radius 2 is 2.20 bits per heavy atom. The summed E-state index contributed by atoms with van der Waals surface area (Å²) in [5.41, 5.74) is 5.77. The smallest absolute Gasteiger partial charge is 0.241 e. The number of amides is 1. The van der Waals surface area contributed by atoms with Crippen molar-refractivity contribution in [3.05, 3.63) is 0 Å². The number of aliphatic hydroxyl groups is 1. The standard InChI is InChI=1S/C15H23N3O2/c1-9-11-6-10(7-16)18(12(9)11)14(20)13(17)15(8-19)4-2-3-5-15/h9-13,19H,2-6,8,17H2,1H3/t9-,10?,11+,12-,13?/m0/s1. The van der Waals surface area contributed by atoms with Gasteiger partial charge in [0.05, 0.1) is 18.7 Å². The second-order valence-corrected chi connectivity index (χ2v) is 6.84. The first-order chi connectivity index (χ1) is 9.55. The van der Waals surface area contributed by atoms with E-state index in [9.17, 15) is 15.2 Å². The van der Waals surface area contributed by atoms with Gasteiger partial charge in [-0.15, -0.1) is 0 Å². The van der Waals surface area contributed by atoms with Crippen LogP contribution in [0.1, 0.15) is 39.0 Å². The number of piperidine rings is 1. The number of aliphatic hydroxyl groups excluding tert-OH is 1. The Kier molecular flexibility index (Phi) is 3.26. The van der Waals surface area contributed by atoms with Crippen LogP contribution in [-0.2, 0) is 4.79 Å². The zero-order valence-electron chi connectivity index (χ0n) is 12.0. The van der Waals surface area contributed by atoms with E-state index in [1.54, 1.807) is 4.90 Å². The van der Waals surface area contributed by atoms with Gasteiger partial charge in [-0.3, -0.25) is 4.79 Å². The molecule has 2 unspecified atom stereocenters. The summed E-state index contributed by atoms with van der Waals surface area (Å²) in [4.78, 5) is 14.5. The zero-order chi connectivity index (χ0) is 14.5. The lowest BCUT2D eigenvalue weighted by atomic mass is 9.79. The summed E-state index contributed by atoms with van der Waals surface area (Å²) >= 11 is 0. The number of hydrogen-bond acceptors (Lipinski definition) is 4. The Balaban J connectivity index is 1.79. The molecule has 5 atom stereocenters. The number of fused-ring (bicyclic) bond motifs is 1. The molecule has 1 saturated heterocycles. The number of carbonyl (C=O) groups is 1. The summed E-state index contributed by atoms with van der Waals surface area (Å²) in [6.07, 6.45) is 4.44. The fraction of sp³-hybridized carbons (Fsp3) is 0.867. The molecule has 0 radical (unpaired) electrons. The summed E-state index contributed by atoms with van der Waals surface area (Å²) in [6, 6.07) is 1.45. The van der Waals surface area contributed by atoms with E-state index in [2.05, 4.69) is 13.0 Å². The molecule has 3 aliphatic rings. The van der Waals surface area contributed by atoms with Crippen molar-refractivity contribution in [3.63, 3.8) is 0 Å². The molecule has 20 heavy (non-hydrogen) atoms. The van der Waals surface area contributed by atoms with Crippen LogP contribution in [0.4, 0.5) is 0 Å². The number of hydrogen-bond donors (Lipinski definition) is 2. The second-order valence-electron chi connectivity index (χ2n) is 6.84. The van der Waals surface area contributed by atoms with Gasteiger partial charge in [0, 0.05) is 11.5 Å². The first kappa shape index (κ1) is 13.8. The van der Waals surface area contributed by atoms with E-state index in [-0.39, 0.29) is 24.6 Å². The Morgan fingerprint density at radius 1 is 1.55 bits per heavy atom. The van der Waals surface area contributed by atoms with Gasteiger partial charge < -0.3 is 15.7 Å². The number of nitriles is 1. The lowest BCUT2D eigenvalue weighted by molar-refractivity contribution is -0.138. The third-order valence-corrected chi connectivity index (χ3v) is 5.91. The predicted molar refractivity (Wildman–Crippen MR) is 73.3 cm³/mol. The van der Waals surface area contributed by atoms with E-state index in [1.807, 2.05) is 0 Å². The fourth-order valence-electron chi connectivity index (χ4n) is 4.40. The van der Waals surface area contributed by atoms with Gasteiger partial charge in [-0.2, -0.15) is 5.26 Å². The summed E-state index contributed by atoms with van der Waals surface area (Å²) in [5.74, 6) is 0.846. The van der Waals surface area contributed by atoms with E-state index in [0.717, 1.165) is 32.1 Å². The maximum atomic E-state index is 12.8. The SMILES string of the molecule is C[C@H]1[C@H]2CC(C#N)N(C(=O)C(N)C3(CO)CCCC3)[C@@H]12. The van der Waals surface area contributed by atoms with Gasteiger partial charge in [-0.1, -0.05) is 19.8 Å². The number of nitrogens with two attached hydrogens (primary N) is 1. The fourth-order valence-corrected chi connectivity index (χ4v) is 4.40. The van der Waals surface area contributed by atoms with Crippen molar-refractivity contribution in [1.82, 2.24) is 4.90 Å². The molecular weight excluding hydrogens is 254 g/mol.